The second-order valence-corrected chi connectivity index (χ2v) is 4.84. The lowest BCUT2D eigenvalue weighted by atomic mass is 10.2. The molecule has 0 aromatic carbocycles. The van der Waals surface area contributed by atoms with Crippen molar-refractivity contribution in [3.8, 4) is 0 Å². The molecule has 2 aromatic rings. The van der Waals surface area contributed by atoms with Crippen LogP contribution in [-0.2, 0) is 20.1 Å². The van der Waals surface area contributed by atoms with E-state index in [1.165, 1.54) is 0 Å². The molecule has 0 spiro atoms. The largest absolute Gasteiger partial charge is 0.361 e. The van der Waals surface area contributed by atoms with Crippen LogP contribution >= 0.6 is 0 Å². The van der Waals surface area contributed by atoms with E-state index in [-0.39, 0.29) is 6.03 Å². The Bertz CT molecular complexity index is 582. The van der Waals surface area contributed by atoms with Crippen molar-refractivity contribution in [2.24, 2.45) is 7.05 Å². The maximum Gasteiger partial charge on any atom is 0.317 e. The van der Waals surface area contributed by atoms with E-state index in [0.29, 0.717) is 13.1 Å². The third kappa shape index (κ3) is 3.17. The molecule has 2 rings (SSSR count). The summed E-state index contributed by atoms with van der Waals surface area (Å²) in [5.41, 5.74) is 2.73. The van der Waals surface area contributed by atoms with Crippen LogP contribution in [0.2, 0.25) is 0 Å². The molecule has 0 saturated heterocycles. The topological polar surface area (TPSA) is 76.2 Å². The maximum absolute atomic E-state index is 12.0. The van der Waals surface area contributed by atoms with Gasteiger partial charge in [0.2, 0.25) is 0 Å². The Morgan fingerprint density at radius 3 is 2.80 bits per heavy atom. The minimum atomic E-state index is -0.145. The number of carbonyl (C=O) groups is 1. The van der Waals surface area contributed by atoms with Crippen molar-refractivity contribution in [3.63, 3.8) is 0 Å². The van der Waals surface area contributed by atoms with Crippen LogP contribution in [0.15, 0.2) is 16.9 Å². The predicted molar refractivity (Wildman–Crippen MR) is 72.9 cm³/mol. The molecule has 2 heterocycles. The van der Waals surface area contributed by atoms with Crippen molar-refractivity contribution >= 4 is 6.03 Å². The van der Waals surface area contributed by atoms with Crippen LogP contribution in [0.4, 0.5) is 4.79 Å². The molecule has 0 saturated carbocycles. The highest BCUT2D eigenvalue weighted by Crippen LogP contribution is 2.14. The third-order valence-electron chi connectivity index (χ3n) is 3.13. The molecule has 0 fully saturated rings. The molecule has 0 aliphatic carbocycles. The highest BCUT2D eigenvalue weighted by molar-refractivity contribution is 5.73. The van der Waals surface area contributed by atoms with Crippen molar-refractivity contribution in [1.29, 1.82) is 0 Å². The fourth-order valence-corrected chi connectivity index (χ4v) is 1.91. The van der Waals surface area contributed by atoms with Gasteiger partial charge in [-0.1, -0.05) is 5.16 Å². The zero-order chi connectivity index (χ0) is 14.7. The Morgan fingerprint density at radius 2 is 2.25 bits per heavy atom. The predicted octanol–water partition coefficient (Wildman–Crippen LogP) is 1.37. The summed E-state index contributed by atoms with van der Waals surface area (Å²) in [6.45, 7) is 4.64. The van der Waals surface area contributed by atoms with E-state index in [1.807, 2.05) is 27.1 Å². The minimum Gasteiger partial charge on any atom is -0.361 e. The van der Waals surface area contributed by atoms with Crippen LogP contribution in [0.25, 0.3) is 0 Å². The van der Waals surface area contributed by atoms with Gasteiger partial charge in [-0.25, -0.2) is 4.79 Å². The minimum absolute atomic E-state index is 0.145. The first-order valence-corrected chi connectivity index (χ1v) is 6.35. The number of carbonyl (C=O) groups excluding carboxylic acids is 1. The number of amides is 2. The van der Waals surface area contributed by atoms with Crippen LogP contribution < -0.4 is 5.32 Å². The van der Waals surface area contributed by atoms with E-state index in [0.717, 1.165) is 22.6 Å². The van der Waals surface area contributed by atoms with Gasteiger partial charge in [-0.05, 0) is 13.8 Å². The van der Waals surface area contributed by atoms with Crippen molar-refractivity contribution in [3.05, 3.63) is 35.0 Å². The molecule has 2 amide bonds. The van der Waals surface area contributed by atoms with Gasteiger partial charge in [0.25, 0.3) is 0 Å². The normalized spacial score (nSPS) is 10.6. The molecule has 0 radical (unpaired) electrons. The number of nitrogens with zero attached hydrogens (tertiary/aromatic N) is 4. The van der Waals surface area contributed by atoms with Crippen LogP contribution in [-0.4, -0.2) is 32.9 Å². The second kappa shape index (κ2) is 5.77. The summed E-state index contributed by atoms with van der Waals surface area (Å²) in [7, 11) is 3.58. The Labute approximate surface area is 117 Å². The van der Waals surface area contributed by atoms with E-state index in [1.54, 1.807) is 22.8 Å². The Balaban J connectivity index is 1.89. The zero-order valence-electron chi connectivity index (χ0n) is 12.2. The van der Waals surface area contributed by atoms with Gasteiger partial charge in [0.05, 0.1) is 18.4 Å². The molecule has 0 aliphatic rings. The van der Waals surface area contributed by atoms with Crippen molar-refractivity contribution in [1.82, 2.24) is 25.2 Å². The van der Waals surface area contributed by atoms with E-state index < -0.39 is 0 Å². The Morgan fingerprint density at radius 1 is 1.50 bits per heavy atom. The van der Waals surface area contributed by atoms with Gasteiger partial charge in [-0.3, -0.25) is 4.68 Å². The summed E-state index contributed by atoms with van der Waals surface area (Å²) in [5, 5.41) is 10.8. The second-order valence-electron chi connectivity index (χ2n) is 4.84. The van der Waals surface area contributed by atoms with Crippen LogP contribution in [0.5, 0.6) is 0 Å². The molecule has 7 heteroatoms. The number of aryl methyl sites for hydroxylation is 3. The lowest BCUT2D eigenvalue weighted by Gasteiger charge is -2.17. The monoisotopic (exact) mass is 277 g/mol. The summed E-state index contributed by atoms with van der Waals surface area (Å²) in [6, 6.07) is -0.145. The van der Waals surface area contributed by atoms with Gasteiger partial charge in [-0.15, -0.1) is 0 Å². The molecule has 1 N–H and O–H groups in total. The summed E-state index contributed by atoms with van der Waals surface area (Å²) < 4.78 is 6.79. The first-order chi connectivity index (χ1) is 9.47. The standard InChI is InChI=1S/C13H19N5O2/c1-9-12(10(2)20-16-9)8-17(3)13(19)14-5-11-6-15-18(4)7-11/h6-7H,5,8H2,1-4H3,(H,14,19). The van der Waals surface area contributed by atoms with E-state index >= 15 is 0 Å². The summed E-state index contributed by atoms with van der Waals surface area (Å²) in [5.74, 6) is 0.745. The van der Waals surface area contributed by atoms with Gasteiger partial charge >= 0.3 is 6.03 Å². The summed E-state index contributed by atoms with van der Waals surface area (Å²) in [4.78, 5) is 13.6. The first kappa shape index (κ1) is 14.1. The fourth-order valence-electron chi connectivity index (χ4n) is 1.91. The Kier molecular flexibility index (Phi) is 4.07. The van der Waals surface area contributed by atoms with Crippen LogP contribution in [0.1, 0.15) is 22.6 Å². The lowest BCUT2D eigenvalue weighted by molar-refractivity contribution is 0.206. The third-order valence-corrected chi connectivity index (χ3v) is 3.13. The number of hydrogen-bond acceptors (Lipinski definition) is 4. The fraction of sp³-hybridized carbons (Fsp3) is 0.462. The smallest absolute Gasteiger partial charge is 0.317 e. The average molecular weight is 277 g/mol. The zero-order valence-corrected chi connectivity index (χ0v) is 12.2. The highest BCUT2D eigenvalue weighted by atomic mass is 16.5. The van der Waals surface area contributed by atoms with Gasteiger partial charge in [0, 0.05) is 38.0 Å². The molecule has 0 bridgehead atoms. The molecule has 0 unspecified atom stereocenters. The SMILES string of the molecule is Cc1noc(C)c1CN(C)C(=O)NCc1cnn(C)c1. The van der Waals surface area contributed by atoms with Gasteiger partial charge in [0.1, 0.15) is 5.76 Å². The number of rotatable bonds is 4. The lowest BCUT2D eigenvalue weighted by Crippen LogP contribution is -2.36. The maximum atomic E-state index is 12.0. The molecule has 2 aromatic heterocycles. The number of aromatic nitrogens is 3. The molecular weight excluding hydrogens is 258 g/mol. The van der Waals surface area contributed by atoms with Gasteiger partial charge in [-0.2, -0.15) is 5.10 Å². The summed E-state index contributed by atoms with van der Waals surface area (Å²) >= 11 is 0. The van der Waals surface area contributed by atoms with E-state index in [4.69, 9.17) is 4.52 Å². The molecule has 7 nitrogen and oxygen atoms in total. The van der Waals surface area contributed by atoms with Crippen molar-refractivity contribution in [2.75, 3.05) is 7.05 Å². The number of urea groups is 1. The number of nitrogens with one attached hydrogen (secondary N) is 1. The number of hydrogen-bond donors (Lipinski definition) is 1. The average Bonchev–Trinajstić information content (AvgIpc) is 2.96. The molecule has 0 aliphatic heterocycles. The van der Waals surface area contributed by atoms with Crippen molar-refractivity contribution < 1.29 is 9.32 Å². The van der Waals surface area contributed by atoms with E-state index in [9.17, 15) is 4.79 Å². The Hall–Kier alpha value is -2.31. The quantitative estimate of drug-likeness (QED) is 0.915. The van der Waals surface area contributed by atoms with E-state index in [2.05, 4.69) is 15.6 Å². The first-order valence-electron chi connectivity index (χ1n) is 6.35. The molecular formula is C13H19N5O2. The van der Waals surface area contributed by atoms with Crippen molar-refractivity contribution in [2.45, 2.75) is 26.9 Å². The van der Waals surface area contributed by atoms with Crippen LogP contribution in [0, 0.1) is 13.8 Å². The van der Waals surface area contributed by atoms with Crippen LogP contribution in [0.3, 0.4) is 0 Å². The molecule has 0 atom stereocenters. The summed E-state index contributed by atoms with van der Waals surface area (Å²) in [6.07, 6.45) is 3.60. The van der Waals surface area contributed by atoms with Gasteiger partial charge in [0.15, 0.2) is 0 Å². The molecule has 20 heavy (non-hydrogen) atoms. The highest BCUT2D eigenvalue weighted by Gasteiger charge is 2.15. The van der Waals surface area contributed by atoms with Gasteiger partial charge < -0.3 is 14.7 Å². The molecule has 108 valence electrons.